The SMILES string of the molecule is CCOC(=O)C[C@@H](NC(=O)CN(C)S(C)(=O)=O)c1cccc(OC)c1. The molecule has 0 aromatic heterocycles. The maximum atomic E-state index is 12.2. The number of nitrogens with zero attached hydrogens (tertiary/aromatic N) is 1. The zero-order chi connectivity index (χ0) is 19.0. The van der Waals surface area contributed by atoms with E-state index in [1.807, 2.05) is 0 Å². The lowest BCUT2D eigenvalue weighted by molar-refractivity contribution is -0.143. The second kappa shape index (κ2) is 9.38. The predicted molar refractivity (Wildman–Crippen MR) is 92.6 cm³/mol. The van der Waals surface area contributed by atoms with Gasteiger partial charge in [0.15, 0.2) is 0 Å². The third kappa shape index (κ3) is 7.10. The summed E-state index contributed by atoms with van der Waals surface area (Å²) in [7, 11) is -0.660. The quantitative estimate of drug-likeness (QED) is 0.640. The van der Waals surface area contributed by atoms with E-state index < -0.39 is 27.9 Å². The Hall–Kier alpha value is -2.13. The maximum Gasteiger partial charge on any atom is 0.308 e. The van der Waals surface area contributed by atoms with Gasteiger partial charge in [-0.25, -0.2) is 8.42 Å². The van der Waals surface area contributed by atoms with E-state index in [2.05, 4.69) is 5.32 Å². The van der Waals surface area contributed by atoms with E-state index in [1.54, 1.807) is 31.2 Å². The van der Waals surface area contributed by atoms with Crippen LogP contribution in [0, 0.1) is 0 Å². The Labute approximate surface area is 148 Å². The van der Waals surface area contributed by atoms with Gasteiger partial charge in [-0.15, -0.1) is 0 Å². The number of hydrogen-bond acceptors (Lipinski definition) is 6. The van der Waals surface area contributed by atoms with Gasteiger partial charge in [-0.1, -0.05) is 12.1 Å². The zero-order valence-electron chi connectivity index (χ0n) is 14.8. The fourth-order valence-electron chi connectivity index (χ4n) is 2.06. The Morgan fingerprint density at radius 2 is 2.00 bits per heavy atom. The van der Waals surface area contributed by atoms with Crippen LogP contribution < -0.4 is 10.1 Å². The summed E-state index contributed by atoms with van der Waals surface area (Å²) < 4.78 is 33.9. The van der Waals surface area contributed by atoms with Crippen LogP contribution >= 0.6 is 0 Å². The van der Waals surface area contributed by atoms with Gasteiger partial charge in [-0.3, -0.25) is 9.59 Å². The number of nitrogens with one attached hydrogen (secondary N) is 1. The minimum absolute atomic E-state index is 0.0741. The van der Waals surface area contributed by atoms with Crippen LogP contribution in [0.25, 0.3) is 0 Å². The lowest BCUT2D eigenvalue weighted by Gasteiger charge is -2.21. The van der Waals surface area contributed by atoms with E-state index in [1.165, 1.54) is 14.2 Å². The first-order valence-electron chi connectivity index (χ1n) is 7.67. The number of methoxy groups -OCH3 is 1. The highest BCUT2D eigenvalue weighted by Gasteiger charge is 2.22. The van der Waals surface area contributed by atoms with Crippen molar-refractivity contribution in [1.82, 2.24) is 9.62 Å². The highest BCUT2D eigenvalue weighted by atomic mass is 32.2. The first kappa shape index (κ1) is 20.9. The summed E-state index contributed by atoms with van der Waals surface area (Å²) in [6, 6.07) is 6.26. The van der Waals surface area contributed by atoms with Crippen molar-refractivity contribution >= 4 is 21.9 Å². The maximum absolute atomic E-state index is 12.2. The van der Waals surface area contributed by atoms with Crippen LogP contribution in [-0.4, -0.2) is 58.2 Å². The largest absolute Gasteiger partial charge is 0.497 e. The van der Waals surface area contributed by atoms with Gasteiger partial charge in [0.1, 0.15) is 5.75 Å². The minimum atomic E-state index is -3.48. The van der Waals surface area contributed by atoms with Crippen LogP contribution in [0.1, 0.15) is 24.9 Å². The number of benzene rings is 1. The molecule has 0 fully saturated rings. The smallest absolute Gasteiger partial charge is 0.308 e. The van der Waals surface area contributed by atoms with E-state index in [0.717, 1.165) is 10.6 Å². The zero-order valence-corrected chi connectivity index (χ0v) is 15.6. The molecular weight excluding hydrogens is 348 g/mol. The van der Waals surface area contributed by atoms with E-state index in [0.29, 0.717) is 11.3 Å². The molecule has 1 N–H and O–H groups in total. The summed E-state index contributed by atoms with van der Waals surface area (Å²) in [6.45, 7) is 1.58. The van der Waals surface area contributed by atoms with Gasteiger partial charge in [0.05, 0.1) is 39.0 Å². The van der Waals surface area contributed by atoms with Crippen LogP contribution in [0.3, 0.4) is 0 Å². The Bertz CT molecular complexity index is 704. The fourth-order valence-corrected chi connectivity index (χ4v) is 2.41. The van der Waals surface area contributed by atoms with Gasteiger partial charge >= 0.3 is 5.97 Å². The summed E-state index contributed by atoms with van der Waals surface area (Å²) in [5.74, 6) is -0.411. The molecule has 0 radical (unpaired) electrons. The van der Waals surface area contributed by atoms with Crippen LogP contribution in [0.5, 0.6) is 5.75 Å². The molecular formula is C16H24N2O6S. The van der Waals surface area contributed by atoms with Crippen molar-refractivity contribution in [2.75, 3.05) is 33.6 Å². The molecule has 0 unspecified atom stereocenters. The van der Waals surface area contributed by atoms with E-state index in [4.69, 9.17) is 9.47 Å². The number of sulfonamides is 1. The van der Waals surface area contributed by atoms with Crippen LogP contribution in [-0.2, 0) is 24.3 Å². The van der Waals surface area contributed by atoms with Crippen molar-refractivity contribution in [3.8, 4) is 5.75 Å². The third-order valence-electron chi connectivity index (χ3n) is 3.44. The standard InChI is InChI=1S/C16H24N2O6S/c1-5-24-16(20)10-14(12-7-6-8-13(9-12)23-3)17-15(19)11-18(2)25(4,21)22/h6-9,14H,5,10-11H2,1-4H3,(H,17,19)/t14-/m1/s1. The molecule has 8 nitrogen and oxygen atoms in total. The molecule has 0 saturated heterocycles. The molecule has 0 aliphatic rings. The second-order valence-corrected chi connectivity index (χ2v) is 7.51. The molecule has 1 atom stereocenters. The highest BCUT2D eigenvalue weighted by Crippen LogP contribution is 2.22. The third-order valence-corrected chi connectivity index (χ3v) is 4.70. The molecule has 1 aromatic carbocycles. The molecule has 0 heterocycles. The summed E-state index contributed by atoms with van der Waals surface area (Å²) in [5, 5.41) is 2.68. The average Bonchev–Trinajstić information content (AvgIpc) is 2.53. The Kier molecular flexibility index (Phi) is 7.85. The number of esters is 1. The number of ether oxygens (including phenoxy) is 2. The van der Waals surface area contributed by atoms with Gasteiger partial charge in [0.2, 0.25) is 15.9 Å². The normalized spacial score (nSPS) is 12.5. The lowest BCUT2D eigenvalue weighted by Crippen LogP contribution is -2.40. The van der Waals surface area contributed by atoms with Crippen molar-refractivity contribution in [3.63, 3.8) is 0 Å². The summed E-state index contributed by atoms with van der Waals surface area (Å²) in [6.07, 6.45) is 0.938. The first-order chi connectivity index (χ1) is 11.7. The molecule has 9 heteroatoms. The van der Waals surface area contributed by atoms with Crippen LogP contribution in [0.2, 0.25) is 0 Å². The van der Waals surface area contributed by atoms with Crippen molar-refractivity contribution < 1.29 is 27.5 Å². The Morgan fingerprint density at radius 1 is 1.32 bits per heavy atom. The number of likely N-dealkylation sites (N-methyl/N-ethyl adjacent to an activating group) is 1. The fraction of sp³-hybridized carbons (Fsp3) is 0.500. The van der Waals surface area contributed by atoms with Gasteiger partial charge in [0.25, 0.3) is 0 Å². The molecule has 0 aliphatic heterocycles. The molecule has 1 aromatic rings. The Morgan fingerprint density at radius 3 is 2.56 bits per heavy atom. The molecule has 1 amide bonds. The van der Waals surface area contributed by atoms with Crippen LogP contribution in [0.15, 0.2) is 24.3 Å². The topological polar surface area (TPSA) is 102 Å². The van der Waals surface area contributed by atoms with Gasteiger partial charge in [0, 0.05) is 7.05 Å². The summed E-state index contributed by atoms with van der Waals surface area (Å²) in [5.41, 5.74) is 0.655. The first-order valence-corrected chi connectivity index (χ1v) is 9.52. The summed E-state index contributed by atoms with van der Waals surface area (Å²) >= 11 is 0. The minimum Gasteiger partial charge on any atom is -0.497 e. The number of carbonyl (C=O) groups excluding carboxylic acids is 2. The summed E-state index contributed by atoms with van der Waals surface area (Å²) in [4.78, 5) is 24.0. The molecule has 0 aliphatic carbocycles. The van der Waals surface area contributed by atoms with Crippen molar-refractivity contribution in [2.45, 2.75) is 19.4 Å². The molecule has 1 rings (SSSR count). The van der Waals surface area contributed by atoms with Crippen molar-refractivity contribution in [2.24, 2.45) is 0 Å². The van der Waals surface area contributed by atoms with E-state index in [-0.39, 0.29) is 19.6 Å². The molecule has 25 heavy (non-hydrogen) atoms. The number of rotatable bonds is 9. The number of hydrogen-bond donors (Lipinski definition) is 1. The van der Waals surface area contributed by atoms with Crippen molar-refractivity contribution in [1.29, 1.82) is 0 Å². The number of amides is 1. The van der Waals surface area contributed by atoms with Crippen molar-refractivity contribution in [3.05, 3.63) is 29.8 Å². The lowest BCUT2D eigenvalue weighted by atomic mass is 10.0. The molecule has 140 valence electrons. The molecule has 0 spiro atoms. The van der Waals surface area contributed by atoms with E-state index in [9.17, 15) is 18.0 Å². The Balaban J connectivity index is 2.94. The monoisotopic (exact) mass is 372 g/mol. The van der Waals surface area contributed by atoms with Crippen LogP contribution in [0.4, 0.5) is 0 Å². The van der Waals surface area contributed by atoms with Gasteiger partial charge in [-0.2, -0.15) is 4.31 Å². The van der Waals surface area contributed by atoms with E-state index >= 15 is 0 Å². The number of carbonyl (C=O) groups is 2. The predicted octanol–water partition coefficient (Wildman–Crippen LogP) is 0.697. The molecule has 0 saturated carbocycles. The van der Waals surface area contributed by atoms with Gasteiger partial charge in [-0.05, 0) is 24.6 Å². The molecule has 0 bridgehead atoms. The second-order valence-electron chi connectivity index (χ2n) is 5.42. The average molecular weight is 372 g/mol. The van der Waals surface area contributed by atoms with Gasteiger partial charge < -0.3 is 14.8 Å². The highest BCUT2D eigenvalue weighted by molar-refractivity contribution is 7.88.